The molecule has 2 saturated heterocycles. The van der Waals surface area contributed by atoms with E-state index in [4.69, 9.17) is 4.74 Å². The summed E-state index contributed by atoms with van der Waals surface area (Å²) in [6.07, 6.45) is 9.39. The van der Waals surface area contributed by atoms with Crippen LogP contribution < -0.4 is 5.32 Å². The third kappa shape index (κ3) is 4.19. The Labute approximate surface area is 125 Å². The van der Waals surface area contributed by atoms with E-state index in [9.17, 15) is 0 Å². The lowest BCUT2D eigenvalue weighted by molar-refractivity contribution is 0.0934. The van der Waals surface area contributed by atoms with Crippen molar-refractivity contribution in [2.75, 3.05) is 26.2 Å². The normalized spacial score (nSPS) is 31.4. The molecule has 2 heterocycles. The molecule has 0 aliphatic carbocycles. The van der Waals surface area contributed by atoms with Crippen molar-refractivity contribution >= 4 is 0 Å². The average molecular weight is 282 g/mol. The molecule has 2 aliphatic heterocycles. The predicted molar refractivity (Wildman–Crippen MR) is 85.2 cm³/mol. The topological polar surface area (TPSA) is 24.5 Å². The van der Waals surface area contributed by atoms with Gasteiger partial charge in [-0.25, -0.2) is 0 Å². The molecule has 0 aromatic heterocycles. The summed E-state index contributed by atoms with van der Waals surface area (Å²) in [6, 6.07) is 0.715. The van der Waals surface area contributed by atoms with Crippen molar-refractivity contribution in [3.63, 3.8) is 0 Å². The first kappa shape index (κ1) is 16.3. The number of hydrogen-bond acceptors (Lipinski definition) is 3. The molecule has 0 saturated carbocycles. The first-order valence-electron chi connectivity index (χ1n) is 8.80. The molecular weight excluding hydrogens is 248 g/mol. The molecule has 118 valence electrons. The van der Waals surface area contributed by atoms with Gasteiger partial charge in [-0.3, -0.25) is 4.90 Å². The third-order valence-corrected chi connectivity index (χ3v) is 5.54. The Morgan fingerprint density at radius 3 is 2.70 bits per heavy atom. The molecule has 0 radical (unpaired) electrons. The van der Waals surface area contributed by atoms with E-state index in [0.717, 1.165) is 6.61 Å². The molecular formula is C17H34N2O. The Balaban J connectivity index is 1.82. The number of nitrogens with one attached hydrogen (secondary N) is 1. The van der Waals surface area contributed by atoms with Gasteiger partial charge in [-0.1, -0.05) is 13.8 Å². The Hall–Kier alpha value is -0.120. The van der Waals surface area contributed by atoms with Gasteiger partial charge in [0, 0.05) is 24.7 Å². The van der Waals surface area contributed by atoms with Crippen LogP contribution in [0.2, 0.25) is 0 Å². The maximum Gasteiger partial charge on any atom is 0.0576 e. The van der Waals surface area contributed by atoms with Crippen molar-refractivity contribution in [1.82, 2.24) is 10.2 Å². The summed E-state index contributed by atoms with van der Waals surface area (Å²) in [5.74, 6) is 0. The minimum atomic E-state index is 0.342. The molecule has 20 heavy (non-hydrogen) atoms. The molecule has 2 rings (SSSR count). The highest BCUT2D eigenvalue weighted by Gasteiger charge is 2.32. The molecule has 1 N–H and O–H groups in total. The van der Waals surface area contributed by atoms with Gasteiger partial charge in [0.05, 0.1) is 6.10 Å². The lowest BCUT2D eigenvalue weighted by Gasteiger charge is -2.37. The first-order valence-corrected chi connectivity index (χ1v) is 8.80. The summed E-state index contributed by atoms with van der Waals surface area (Å²) in [4.78, 5) is 2.72. The molecule has 0 bridgehead atoms. The van der Waals surface area contributed by atoms with E-state index in [0.29, 0.717) is 17.7 Å². The van der Waals surface area contributed by atoms with Gasteiger partial charge in [0.1, 0.15) is 0 Å². The highest BCUT2D eigenvalue weighted by Crippen LogP contribution is 2.23. The SMILES string of the molecule is CCC1(CC)CN(CCCC2CCCO2)C(C)CCN1. The van der Waals surface area contributed by atoms with Crippen LogP contribution in [0.15, 0.2) is 0 Å². The van der Waals surface area contributed by atoms with E-state index < -0.39 is 0 Å². The smallest absolute Gasteiger partial charge is 0.0576 e. The molecule has 2 fully saturated rings. The quantitative estimate of drug-likeness (QED) is 0.810. The Bertz CT molecular complexity index is 272. The summed E-state index contributed by atoms with van der Waals surface area (Å²) in [5, 5.41) is 3.82. The van der Waals surface area contributed by atoms with E-state index in [1.165, 1.54) is 64.6 Å². The Morgan fingerprint density at radius 1 is 1.25 bits per heavy atom. The molecule has 2 unspecified atom stereocenters. The van der Waals surface area contributed by atoms with Crippen molar-refractivity contribution in [2.45, 2.75) is 83.4 Å². The Kier molecular flexibility index (Phi) is 6.31. The number of rotatable bonds is 6. The van der Waals surface area contributed by atoms with Crippen molar-refractivity contribution in [3.8, 4) is 0 Å². The monoisotopic (exact) mass is 282 g/mol. The van der Waals surface area contributed by atoms with E-state index in [1.807, 2.05) is 0 Å². The summed E-state index contributed by atoms with van der Waals surface area (Å²) < 4.78 is 5.75. The summed E-state index contributed by atoms with van der Waals surface area (Å²) in [5.41, 5.74) is 0.342. The maximum atomic E-state index is 5.75. The van der Waals surface area contributed by atoms with Crippen LogP contribution >= 0.6 is 0 Å². The molecule has 0 aromatic carbocycles. The van der Waals surface area contributed by atoms with Crippen molar-refractivity contribution in [2.24, 2.45) is 0 Å². The zero-order valence-electron chi connectivity index (χ0n) is 13.8. The van der Waals surface area contributed by atoms with Crippen LogP contribution in [0, 0.1) is 0 Å². The van der Waals surface area contributed by atoms with E-state index in [-0.39, 0.29) is 0 Å². The van der Waals surface area contributed by atoms with Crippen LogP contribution in [0.5, 0.6) is 0 Å². The van der Waals surface area contributed by atoms with Crippen molar-refractivity contribution < 1.29 is 4.74 Å². The molecule has 2 atom stereocenters. The molecule has 0 aromatic rings. The Morgan fingerprint density at radius 2 is 2.05 bits per heavy atom. The zero-order valence-corrected chi connectivity index (χ0v) is 13.8. The van der Waals surface area contributed by atoms with Crippen LogP contribution in [-0.2, 0) is 4.74 Å². The fraction of sp³-hybridized carbons (Fsp3) is 1.00. The standard InChI is InChI=1S/C17H34N2O/c1-4-17(5-2)14-19(15(3)10-11-18-17)12-6-8-16-9-7-13-20-16/h15-16,18H,4-14H2,1-3H3. The van der Waals surface area contributed by atoms with E-state index in [2.05, 4.69) is 31.0 Å². The highest BCUT2D eigenvalue weighted by atomic mass is 16.5. The lowest BCUT2D eigenvalue weighted by Crippen LogP contribution is -2.51. The third-order valence-electron chi connectivity index (χ3n) is 5.54. The second kappa shape index (κ2) is 7.77. The van der Waals surface area contributed by atoms with E-state index in [1.54, 1.807) is 0 Å². The maximum absolute atomic E-state index is 5.75. The number of nitrogens with zero attached hydrogens (tertiary/aromatic N) is 1. The number of ether oxygens (including phenoxy) is 1. The lowest BCUT2D eigenvalue weighted by atomic mass is 9.92. The van der Waals surface area contributed by atoms with Crippen LogP contribution in [0.1, 0.15) is 65.7 Å². The largest absolute Gasteiger partial charge is 0.378 e. The van der Waals surface area contributed by atoms with Gasteiger partial charge < -0.3 is 10.1 Å². The molecule has 0 amide bonds. The second-order valence-electron chi connectivity index (χ2n) is 6.80. The van der Waals surface area contributed by atoms with Crippen LogP contribution in [-0.4, -0.2) is 48.8 Å². The van der Waals surface area contributed by atoms with Crippen LogP contribution in [0.4, 0.5) is 0 Å². The fourth-order valence-electron chi connectivity index (χ4n) is 3.75. The first-order chi connectivity index (χ1) is 9.69. The van der Waals surface area contributed by atoms with Gasteiger partial charge in [-0.05, 0) is 65.0 Å². The molecule has 3 heteroatoms. The van der Waals surface area contributed by atoms with Gasteiger partial charge in [-0.2, -0.15) is 0 Å². The van der Waals surface area contributed by atoms with Crippen LogP contribution in [0.25, 0.3) is 0 Å². The van der Waals surface area contributed by atoms with Crippen molar-refractivity contribution in [3.05, 3.63) is 0 Å². The average Bonchev–Trinajstić information content (AvgIpc) is 2.92. The summed E-state index contributed by atoms with van der Waals surface area (Å²) in [7, 11) is 0. The van der Waals surface area contributed by atoms with Gasteiger partial charge in [0.15, 0.2) is 0 Å². The predicted octanol–water partition coefficient (Wildman–Crippen LogP) is 3.19. The summed E-state index contributed by atoms with van der Waals surface area (Å²) >= 11 is 0. The van der Waals surface area contributed by atoms with Crippen LogP contribution in [0.3, 0.4) is 0 Å². The van der Waals surface area contributed by atoms with Gasteiger partial charge in [-0.15, -0.1) is 0 Å². The molecule has 2 aliphatic rings. The van der Waals surface area contributed by atoms with Gasteiger partial charge in [0.25, 0.3) is 0 Å². The van der Waals surface area contributed by atoms with Gasteiger partial charge in [0.2, 0.25) is 0 Å². The van der Waals surface area contributed by atoms with Crippen molar-refractivity contribution in [1.29, 1.82) is 0 Å². The summed E-state index contributed by atoms with van der Waals surface area (Å²) in [6.45, 7) is 11.7. The minimum Gasteiger partial charge on any atom is -0.378 e. The molecule has 3 nitrogen and oxygen atoms in total. The van der Waals surface area contributed by atoms with E-state index >= 15 is 0 Å². The number of hydrogen-bond donors (Lipinski definition) is 1. The second-order valence-corrected chi connectivity index (χ2v) is 6.80. The zero-order chi connectivity index (χ0) is 14.4. The minimum absolute atomic E-state index is 0.342. The molecule has 0 spiro atoms. The van der Waals surface area contributed by atoms with Gasteiger partial charge >= 0.3 is 0 Å². The fourth-order valence-corrected chi connectivity index (χ4v) is 3.75. The highest BCUT2D eigenvalue weighted by molar-refractivity contribution is 4.93.